The van der Waals surface area contributed by atoms with Gasteiger partial charge in [0.05, 0.1) is 12.4 Å². The normalized spacial score (nSPS) is 45.6. The van der Waals surface area contributed by atoms with E-state index in [2.05, 4.69) is 17.1 Å². The van der Waals surface area contributed by atoms with Gasteiger partial charge in [-0.3, -0.25) is 4.79 Å². The van der Waals surface area contributed by atoms with Crippen molar-refractivity contribution in [2.24, 2.45) is 40.9 Å². The molecular formula is C23H33F2N3O2. The Labute approximate surface area is 176 Å². The molecule has 0 aliphatic heterocycles. The number of Topliss-reactive ketones (excluding diaryl/α,β-unsaturated/α-hetero) is 1. The first kappa shape index (κ1) is 20.5. The van der Waals surface area contributed by atoms with E-state index in [0.29, 0.717) is 23.7 Å². The van der Waals surface area contributed by atoms with Gasteiger partial charge in [0.2, 0.25) is 0 Å². The lowest BCUT2D eigenvalue weighted by atomic mass is 9.49. The van der Waals surface area contributed by atoms with E-state index in [1.807, 2.05) is 0 Å². The molecule has 7 heteroatoms. The standard InChI is InChI=1S/C23H33F2N3O2/c1-22-8-6-16-15-7-9-23(30,21(24)25)12-14(15)2-3-17(16)18(22)4-5-19(22)20(29)13-28-26-10-11-27-28/h10-11,14-19,21,30H,2-9,12-13H2,1H3/t14-,15+,16-,17-,18+,19-,22+,23+/m1/s1. The molecular weight excluding hydrogens is 388 g/mol. The van der Waals surface area contributed by atoms with Crippen LogP contribution in [-0.2, 0) is 11.3 Å². The molecule has 1 aromatic heterocycles. The zero-order chi connectivity index (χ0) is 21.1. The van der Waals surface area contributed by atoms with Crippen LogP contribution < -0.4 is 0 Å². The molecule has 4 saturated carbocycles. The van der Waals surface area contributed by atoms with Crippen molar-refractivity contribution in [1.82, 2.24) is 15.0 Å². The fourth-order valence-corrected chi connectivity index (χ4v) is 8.21. The van der Waals surface area contributed by atoms with E-state index in [1.54, 1.807) is 12.4 Å². The van der Waals surface area contributed by atoms with Gasteiger partial charge in [0, 0.05) is 5.92 Å². The highest BCUT2D eigenvalue weighted by Crippen LogP contribution is 2.64. The molecule has 4 aliphatic carbocycles. The molecule has 30 heavy (non-hydrogen) atoms. The van der Waals surface area contributed by atoms with Crippen LogP contribution >= 0.6 is 0 Å². The lowest BCUT2D eigenvalue weighted by Crippen LogP contribution is -2.53. The molecule has 1 heterocycles. The lowest BCUT2D eigenvalue weighted by molar-refractivity contribution is -0.160. The number of aromatic nitrogens is 3. The summed E-state index contributed by atoms with van der Waals surface area (Å²) in [5.41, 5.74) is -1.74. The zero-order valence-corrected chi connectivity index (χ0v) is 17.7. The minimum Gasteiger partial charge on any atom is -0.384 e. The van der Waals surface area contributed by atoms with E-state index in [9.17, 15) is 18.7 Å². The van der Waals surface area contributed by atoms with E-state index >= 15 is 0 Å². The fourth-order valence-electron chi connectivity index (χ4n) is 8.21. The number of halogens is 2. The highest BCUT2D eigenvalue weighted by molar-refractivity contribution is 5.81. The minimum atomic E-state index is -2.64. The number of fused-ring (bicyclic) bond motifs is 5. The van der Waals surface area contributed by atoms with Gasteiger partial charge >= 0.3 is 0 Å². The van der Waals surface area contributed by atoms with Gasteiger partial charge in [0.25, 0.3) is 6.43 Å². The van der Waals surface area contributed by atoms with Crippen LogP contribution in [-0.4, -0.2) is 37.9 Å². The average molecular weight is 422 g/mol. The van der Waals surface area contributed by atoms with E-state index in [4.69, 9.17) is 0 Å². The summed E-state index contributed by atoms with van der Waals surface area (Å²) in [5.74, 6) is 2.75. The largest absolute Gasteiger partial charge is 0.384 e. The number of hydrogen-bond acceptors (Lipinski definition) is 4. The van der Waals surface area contributed by atoms with Crippen LogP contribution in [0.4, 0.5) is 8.78 Å². The molecule has 0 amide bonds. The van der Waals surface area contributed by atoms with Gasteiger partial charge in [-0.25, -0.2) is 8.78 Å². The van der Waals surface area contributed by atoms with Crippen LogP contribution in [0.25, 0.3) is 0 Å². The molecule has 0 bridgehead atoms. The zero-order valence-electron chi connectivity index (χ0n) is 17.7. The molecule has 0 aromatic carbocycles. The Bertz CT molecular complexity index is 787. The Morgan fingerprint density at radius 2 is 1.80 bits per heavy atom. The summed E-state index contributed by atoms with van der Waals surface area (Å²) in [7, 11) is 0. The van der Waals surface area contributed by atoms with Crippen molar-refractivity contribution < 1.29 is 18.7 Å². The van der Waals surface area contributed by atoms with Gasteiger partial charge in [-0.05, 0) is 92.8 Å². The minimum absolute atomic E-state index is 0.0383. The van der Waals surface area contributed by atoms with Crippen molar-refractivity contribution >= 4 is 5.78 Å². The van der Waals surface area contributed by atoms with Crippen LogP contribution in [0.5, 0.6) is 0 Å². The molecule has 8 atom stereocenters. The maximum absolute atomic E-state index is 13.4. The summed E-state index contributed by atoms with van der Waals surface area (Å²) < 4.78 is 26.8. The molecule has 1 aromatic rings. The second-order valence-electron chi connectivity index (χ2n) is 10.8. The van der Waals surface area contributed by atoms with Crippen LogP contribution in [0, 0.1) is 40.9 Å². The van der Waals surface area contributed by atoms with Gasteiger partial charge in [-0.1, -0.05) is 6.92 Å². The fraction of sp³-hybridized carbons (Fsp3) is 0.870. The maximum atomic E-state index is 13.4. The number of carbonyl (C=O) groups excluding carboxylic acids is 1. The molecule has 5 rings (SSSR count). The third-order valence-electron chi connectivity index (χ3n) is 9.60. The van der Waals surface area contributed by atoms with E-state index in [0.717, 1.165) is 44.9 Å². The van der Waals surface area contributed by atoms with Crippen molar-refractivity contribution in [1.29, 1.82) is 0 Å². The quantitative estimate of drug-likeness (QED) is 0.794. The van der Waals surface area contributed by atoms with Gasteiger partial charge in [0.15, 0.2) is 5.78 Å². The second kappa shape index (κ2) is 7.35. The number of carbonyl (C=O) groups is 1. The smallest absolute Gasteiger partial charge is 0.266 e. The highest BCUT2D eigenvalue weighted by Gasteiger charge is 2.59. The molecule has 0 unspecified atom stereocenters. The summed E-state index contributed by atoms with van der Waals surface area (Å²) >= 11 is 0. The number of alkyl halides is 2. The van der Waals surface area contributed by atoms with Gasteiger partial charge < -0.3 is 5.11 Å². The summed E-state index contributed by atoms with van der Waals surface area (Å²) in [5, 5.41) is 18.6. The Balaban J connectivity index is 1.30. The van der Waals surface area contributed by atoms with Crippen molar-refractivity contribution in [3.05, 3.63) is 12.4 Å². The van der Waals surface area contributed by atoms with E-state index in [1.165, 1.54) is 4.80 Å². The molecule has 1 N–H and O–H groups in total. The van der Waals surface area contributed by atoms with Crippen LogP contribution in [0.1, 0.15) is 64.7 Å². The molecule has 4 aliphatic rings. The number of rotatable bonds is 4. The van der Waals surface area contributed by atoms with Crippen molar-refractivity contribution in [3.63, 3.8) is 0 Å². The summed E-state index contributed by atoms with van der Waals surface area (Å²) in [6.07, 6.45) is 7.98. The number of aliphatic hydroxyl groups is 1. The molecule has 5 nitrogen and oxygen atoms in total. The first-order chi connectivity index (χ1) is 14.3. The Kier molecular flexibility index (Phi) is 5.03. The number of nitrogens with zero attached hydrogens (tertiary/aromatic N) is 3. The maximum Gasteiger partial charge on any atom is 0.266 e. The molecule has 166 valence electrons. The second-order valence-corrected chi connectivity index (χ2v) is 10.8. The summed E-state index contributed by atoms with van der Waals surface area (Å²) in [6.45, 7) is 2.58. The Morgan fingerprint density at radius 3 is 2.53 bits per heavy atom. The van der Waals surface area contributed by atoms with Gasteiger partial charge in [0.1, 0.15) is 12.1 Å². The Hall–Kier alpha value is -1.37. The van der Waals surface area contributed by atoms with Gasteiger partial charge in [-0.15, -0.1) is 0 Å². The Morgan fingerprint density at radius 1 is 1.07 bits per heavy atom. The monoisotopic (exact) mass is 421 g/mol. The number of hydrogen-bond donors (Lipinski definition) is 1. The van der Waals surface area contributed by atoms with Crippen LogP contribution in [0.3, 0.4) is 0 Å². The van der Waals surface area contributed by atoms with Crippen LogP contribution in [0.2, 0.25) is 0 Å². The first-order valence-corrected chi connectivity index (χ1v) is 11.7. The molecule has 0 saturated heterocycles. The molecule has 0 spiro atoms. The third kappa shape index (κ3) is 3.14. The third-order valence-corrected chi connectivity index (χ3v) is 9.60. The average Bonchev–Trinajstić information content (AvgIpc) is 3.34. The lowest BCUT2D eigenvalue weighted by Gasteiger charge is -2.57. The summed E-state index contributed by atoms with van der Waals surface area (Å²) in [4.78, 5) is 14.6. The first-order valence-electron chi connectivity index (χ1n) is 11.7. The van der Waals surface area contributed by atoms with Crippen molar-refractivity contribution in [3.8, 4) is 0 Å². The topological polar surface area (TPSA) is 68.0 Å². The van der Waals surface area contributed by atoms with Crippen molar-refractivity contribution in [2.45, 2.75) is 83.3 Å². The van der Waals surface area contributed by atoms with Gasteiger partial charge in [-0.2, -0.15) is 15.0 Å². The number of ketones is 1. The molecule has 0 radical (unpaired) electrons. The summed E-state index contributed by atoms with van der Waals surface area (Å²) in [6, 6.07) is 0. The predicted molar refractivity (Wildman–Crippen MR) is 107 cm³/mol. The van der Waals surface area contributed by atoms with E-state index < -0.39 is 12.0 Å². The molecule has 4 fully saturated rings. The predicted octanol–water partition coefficient (Wildman–Crippen LogP) is 4.11. The van der Waals surface area contributed by atoms with Crippen molar-refractivity contribution in [2.75, 3.05) is 0 Å². The van der Waals surface area contributed by atoms with Crippen LogP contribution in [0.15, 0.2) is 12.4 Å². The highest BCUT2D eigenvalue weighted by atomic mass is 19.3. The van der Waals surface area contributed by atoms with E-state index in [-0.39, 0.29) is 42.4 Å². The SMILES string of the molecule is C[C@]12CC[C@H]3[C@@H](CC[C@@H]4C[C@](O)(C(F)F)CC[C@@H]43)[C@@H]1CC[C@@H]2C(=O)Cn1nccn1.